The molecule has 1 fully saturated rings. The highest BCUT2D eigenvalue weighted by Gasteiger charge is 2.40. The van der Waals surface area contributed by atoms with Gasteiger partial charge in [0.15, 0.2) is 0 Å². The molecule has 1 aromatic heterocycles. The molecule has 0 saturated heterocycles. The lowest BCUT2D eigenvalue weighted by atomic mass is 9.73. The minimum Gasteiger partial charge on any atom is -0.384 e. The lowest BCUT2D eigenvalue weighted by Gasteiger charge is -2.38. The maximum atomic E-state index is 11.2. The van der Waals surface area contributed by atoms with Gasteiger partial charge in [0.2, 0.25) is 0 Å². The number of nitrogens with zero attached hydrogens (tertiary/aromatic N) is 2. The highest BCUT2D eigenvalue weighted by molar-refractivity contribution is 9.10. The Morgan fingerprint density at radius 3 is 2.75 bits per heavy atom. The second kappa shape index (κ2) is 6.18. The minimum atomic E-state index is -0.725. The summed E-state index contributed by atoms with van der Waals surface area (Å²) in [6.07, 6.45) is 7.08. The topological polar surface area (TPSA) is 38.1 Å². The van der Waals surface area contributed by atoms with Crippen molar-refractivity contribution in [3.05, 3.63) is 16.4 Å². The first-order valence-electron chi connectivity index (χ1n) is 7.79. The fraction of sp³-hybridized carbons (Fsp3) is 0.812. The Bertz CT molecular complexity index is 455. The molecule has 0 aliphatic heterocycles. The summed E-state index contributed by atoms with van der Waals surface area (Å²) in [5.41, 5.74) is 0.248. The average molecular weight is 343 g/mol. The van der Waals surface area contributed by atoms with Crippen LogP contribution in [0, 0.1) is 11.8 Å². The minimum absolute atomic E-state index is 0.269. The maximum absolute atomic E-state index is 11.2. The standard InChI is InChI=1S/C16H27BrN2O/c1-11(2)8-13-6-5-7-16(20,9-13)15-14(17)10-18-19(15)12(3)4/h10-13,20H,5-9H2,1-4H3. The molecule has 1 aliphatic carbocycles. The number of rotatable bonds is 4. The summed E-state index contributed by atoms with van der Waals surface area (Å²) in [7, 11) is 0. The third-order valence-corrected chi connectivity index (χ3v) is 4.89. The fourth-order valence-corrected chi connectivity index (χ4v) is 4.26. The van der Waals surface area contributed by atoms with E-state index in [4.69, 9.17) is 0 Å². The number of aromatic nitrogens is 2. The molecule has 20 heavy (non-hydrogen) atoms. The highest BCUT2D eigenvalue weighted by atomic mass is 79.9. The van der Waals surface area contributed by atoms with Crippen molar-refractivity contribution in [3.8, 4) is 0 Å². The lowest BCUT2D eigenvalue weighted by molar-refractivity contribution is -0.0330. The van der Waals surface area contributed by atoms with Crippen LogP contribution in [0.1, 0.15) is 71.5 Å². The molecule has 2 atom stereocenters. The SMILES string of the molecule is CC(C)CC1CCCC(O)(c2c(Br)cnn2C(C)C)C1. The molecule has 4 heteroatoms. The summed E-state index contributed by atoms with van der Waals surface area (Å²) >= 11 is 3.58. The predicted octanol–water partition coefficient (Wildman–Crippen LogP) is 4.65. The van der Waals surface area contributed by atoms with Gasteiger partial charge >= 0.3 is 0 Å². The van der Waals surface area contributed by atoms with Crippen LogP contribution < -0.4 is 0 Å². The van der Waals surface area contributed by atoms with Gasteiger partial charge in [-0.25, -0.2) is 0 Å². The quantitative estimate of drug-likeness (QED) is 0.864. The first kappa shape index (κ1) is 16.0. The van der Waals surface area contributed by atoms with E-state index < -0.39 is 5.60 Å². The van der Waals surface area contributed by atoms with Gasteiger partial charge in [0, 0.05) is 6.04 Å². The largest absolute Gasteiger partial charge is 0.384 e. The van der Waals surface area contributed by atoms with Crippen molar-refractivity contribution in [2.24, 2.45) is 11.8 Å². The molecule has 1 heterocycles. The smallest absolute Gasteiger partial charge is 0.108 e. The summed E-state index contributed by atoms with van der Waals surface area (Å²) in [4.78, 5) is 0. The summed E-state index contributed by atoms with van der Waals surface area (Å²) in [6.45, 7) is 8.76. The average Bonchev–Trinajstić information content (AvgIpc) is 2.71. The van der Waals surface area contributed by atoms with Crippen molar-refractivity contribution in [2.75, 3.05) is 0 Å². The molecule has 1 N–H and O–H groups in total. The maximum Gasteiger partial charge on any atom is 0.108 e. The Morgan fingerprint density at radius 2 is 2.15 bits per heavy atom. The molecule has 2 rings (SSSR count). The molecule has 0 spiro atoms. The number of hydrogen-bond donors (Lipinski definition) is 1. The van der Waals surface area contributed by atoms with Gasteiger partial charge in [0.05, 0.1) is 16.4 Å². The van der Waals surface area contributed by atoms with E-state index in [1.807, 2.05) is 10.9 Å². The van der Waals surface area contributed by atoms with E-state index >= 15 is 0 Å². The van der Waals surface area contributed by atoms with Crippen molar-refractivity contribution in [1.82, 2.24) is 9.78 Å². The van der Waals surface area contributed by atoms with Gasteiger partial charge in [-0.05, 0) is 67.3 Å². The van der Waals surface area contributed by atoms with E-state index in [1.165, 1.54) is 12.8 Å². The number of halogens is 1. The highest BCUT2D eigenvalue weighted by Crippen LogP contribution is 2.44. The van der Waals surface area contributed by atoms with E-state index in [1.54, 1.807) is 0 Å². The third kappa shape index (κ3) is 3.28. The molecule has 0 aromatic carbocycles. The Balaban J connectivity index is 2.28. The Hall–Kier alpha value is -0.350. The van der Waals surface area contributed by atoms with E-state index in [0.29, 0.717) is 11.8 Å². The molecule has 1 saturated carbocycles. The van der Waals surface area contributed by atoms with E-state index in [2.05, 4.69) is 48.7 Å². The van der Waals surface area contributed by atoms with Gasteiger partial charge in [-0.15, -0.1) is 0 Å². The van der Waals surface area contributed by atoms with Crippen molar-refractivity contribution >= 4 is 15.9 Å². The van der Waals surface area contributed by atoms with Crippen molar-refractivity contribution in [2.45, 2.75) is 71.4 Å². The zero-order chi connectivity index (χ0) is 14.9. The zero-order valence-corrected chi connectivity index (χ0v) is 14.7. The van der Waals surface area contributed by atoms with Crippen molar-refractivity contribution in [3.63, 3.8) is 0 Å². The van der Waals surface area contributed by atoms with E-state index in [0.717, 1.165) is 29.4 Å². The van der Waals surface area contributed by atoms with Gasteiger partial charge in [-0.3, -0.25) is 4.68 Å². The molecule has 0 radical (unpaired) electrons. The normalized spacial score (nSPS) is 27.5. The van der Waals surface area contributed by atoms with Gasteiger partial charge in [-0.1, -0.05) is 20.3 Å². The molecule has 0 amide bonds. The van der Waals surface area contributed by atoms with Crippen LogP contribution in [0.5, 0.6) is 0 Å². The van der Waals surface area contributed by atoms with Crippen LogP contribution in [-0.2, 0) is 5.60 Å². The molecule has 1 aliphatic rings. The second-order valence-corrected chi connectivity index (χ2v) is 7.86. The summed E-state index contributed by atoms with van der Waals surface area (Å²) < 4.78 is 2.92. The zero-order valence-electron chi connectivity index (χ0n) is 13.1. The van der Waals surface area contributed by atoms with Crippen molar-refractivity contribution < 1.29 is 5.11 Å². The van der Waals surface area contributed by atoms with Crippen LogP contribution in [0.2, 0.25) is 0 Å². The van der Waals surface area contributed by atoms with Gasteiger partial charge in [0.25, 0.3) is 0 Å². The molecule has 2 unspecified atom stereocenters. The fourth-order valence-electron chi connectivity index (χ4n) is 3.62. The molecule has 1 aromatic rings. The molecule has 3 nitrogen and oxygen atoms in total. The van der Waals surface area contributed by atoms with Crippen LogP contribution in [-0.4, -0.2) is 14.9 Å². The summed E-state index contributed by atoms with van der Waals surface area (Å²) in [5.74, 6) is 1.32. The molecular formula is C16H27BrN2O. The van der Waals surface area contributed by atoms with Crippen LogP contribution >= 0.6 is 15.9 Å². The van der Waals surface area contributed by atoms with Crippen LogP contribution in [0.15, 0.2) is 10.7 Å². The van der Waals surface area contributed by atoms with Gasteiger partial charge in [-0.2, -0.15) is 5.10 Å². The second-order valence-electron chi connectivity index (χ2n) is 7.00. The monoisotopic (exact) mass is 342 g/mol. The summed E-state index contributed by atoms with van der Waals surface area (Å²) in [6, 6.07) is 0.269. The molecule has 0 bridgehead atoms. The van der Waals surface area contributed by atoms with E-state index in [9.17, 15) is 5.11 Å². The van der Waals surface area contributed by atoms with Gasteiger partial charge in [0.1, 0.15) is 5.60 Å². The number of hydrogen-bond acceptors (Lipinski definition) is 2. The third-order valence-electron chi connectivity index (χ3n) is 4.31. The van der Waals surface area contributed by atoms with Crippen LogP contribution in [0.4, 0.5) is 0 Å². The predicted molar refractivity (Wildman–Crippen MR) is 85.6 cm³/mol. The lowest BCUT2D eigenvalue weighted by Crippen LogP contribution is -2.36. The van der Waals surface area contributed by atoms with Gasteiger partial charge < -0.3 is 5.11 Å². The Labute approximate surface area is 130 Å². The Kier molecular flexibility index (Phi) is 4.96. The first-order valence-corrected chi connectivity index (χ1v) is 8.58. The van der Waals surface area contributed by atoms with Crippen LogP contribution in [0.25, 0.3) is 0 Å². The van der Waals surface area contributed by atoms with E-state index in [-0.39, 0.29) is 6.04 Å². The Morgan fingerprint density at radius 1 is 1.45 bits per heavy atom. The van der Waals surface area contributed by atoms with Crippen molar-refractivity contribution in [1.29, 1.82) is 0 Å². The number of aliphatic hydroxyl groups is 1. The molecule has 114 valence electrons. The van der Waals surface area contributed by atoms with Crippen LogP contribution in [0.3, 0.4) is 0 Å². The molecular weight excluding hydrogens is 316 g/mol. The summed E-state index contributed by atoms with van der Waals surface area (Å²) in [5, 5.41) is 15.7. The first-order chi connectivity index (χ1) is 9.33.